The third-order valence-corrected chi connectivity index (χ3v) is 3.34. The largest absolute Gasteiger partial charge is 0.481 e. The van der Waals surface area contributed by atoms with Crippen molar-refractivity contribution in [2.45, 2.75) is 19.8 Å². The molecule has 0 aromatic heterocycles. The molecule has 1 fully saturated rings. The van der Waals surface area contributed by atoms with Gasteiger partial charge in [-0.25, -0.2) is 0 Å². The number of hydrogen-bond acceptors (Lipinski definition) is 5. The van der Waals surface area contributed by atoms with Gasteiger partial charge in [0.2, 0.25) is 5.91 Å². The van der Waals surface area contributed by atoms with Gasteiger partial charge in [0.15, 0.2) is 0 Å². The fraction of sp³-hybridized carbons (Fsp3) is 0.846. The van der Waals surface area contributed by atoms with Gasteiger partial charge in [-0.3, -0.25) is 9.59 Å². The molecule has 7 nitrogen and oxygen atoms in total. The Kier molecular flexibility index (Phi) is 7.50. The Morgan fingerprint density at radius 2 is 1.90 bits per heavy atom. The van der Waals surface area contributed by atoms with Gasteiger partial charge in [-0.05, 0) is 19.8 Å². The highest BCUT2D eigenvalue weighted by Crippen LogP contribution is 2.29. The maximum Gasteiger partial charge on any atom is 0.311 e. The summed E-state index contributed by atoms with van der Waals surface area (Å²) in [7, 11) is 0. The fourth-order valence-electron chi connectivity index (χ4n) is 1.97. The third-order valence-electron chi connectivity index (χ3n) is 3.34. The van der Waals surface area contributed by atoms with Gasteiger partial charge in [-0.1, -0.05) is 0 Å². The van der Waals surface area contributed by atoms with E-state index in [-0.39, 0.29) is 19.1 Å². The van der Waals surface area contributed by atoms with E-state index in [1.807, 2.05) is 6.92 Å². The molecular formula is C13H23NO6. The average molecular weight is 289 g/mol. The molecule has 0 unspecified atom stereocenters. The van der Waals surface area contributed by atoms with Crippen LogP contribution < -0.4 is 5.32 Å². The first-order valence-corrected chi connectivity index (χ1v) is 6.84. The van der Waals surface area contributed by atoms with Crippen LogP contribution in [-0.2, 0) is 23.8 Å². The number of nitrogens with one attached hydrogen (secondary N) is 1. The van der Waals surface area contributed by atoms with Crippen LogP contribution in [-0.4, -0.2) is 63.2 Å². The summed E-state index contributed by atoms with van der Waals surface area (Å²) in [6, 6.07) is 0. The normalized spacial score (nSPS) is 17.6. The molecule has 0 spiro atoms. The quantitative estimate of drug-likeness (QED) is 0.582. The van der Waals surface area contributed by atoms with E-state index in [1.165, 1.54) is 0 Å². The molecule has 1 heterocycles. The highest BCUT2D eigenvalue weighted by Gasteiger charge is 2.40. The smallest absolute Gasteiger partial charge is 0.311 e. The summed E-state index contributed by atoms with van der Waals surface area (Å²) in [5.41, 5.74) is -0.917. The first-order valence-electron chi connectivity index (χ1n) is 6.84. The van der Waals surface area contributed by atoms with E-state index in [4.69, 9.17) is 14.2 Å². The molecule has 1 aliphatic rings. The maximum absolute atomic E-state index is 11.6. The molecule has 0 atom stereocenters. The molecule has 20 heavy (non-hydrogen) atoms. The first kappa shape index (κ1) is 16.9. The molecule has 0 bridgehead atoms. The van der Waals surface area contributed by atoms with Gasteiger partial charge in [0.25, 0.3) is 0 Å². The lowest BCUT2D eigenvalue weighted by molar-refractivity contribution is -0.154. The van der Waals surface area contributed by atoms with Crippen LogP contribution in [0.1, 0.15) is 19.8 Å². The molecule has 1 aliphatic heterocycles. The number of amides is 1. The van der Waals surface area contributed by atoms with Crippen LogP contribution in [0.25, 0.3) is 0 Å². The molecule has 0 aromatic carbocycles. The number of aliphatic carboxylic acids is 1. The lowest BCUT2D eigenvalue weighted by Gasteiger charge is -2.33. The zero-order valence-electron chi connectivity index (χ0n) is 11.9. The molecule has 1 rings (SSSR count). The SMILES string of the molecule is CCOCCOCC(=O)NCC1(C(=O)O)CCOCC1. The lowest BCUT2D eigenvalue weighted by Crippen LogP contribution is -2.47. The monoisotopic (exact) mass is 289 g/mol. The molecule has 0 aliphatic carbocycles. The molecular weight excluding hydrogens is 266 g/mol. The van der Waals surface area contributed by atoms with Crippen molar-refractivity contribution in [2.75, 3.05) is 46.2 Å². The Hall–Kier alpha value is -1.18. The summed E-state index contributed by atoms with van der Waals surface area (Å²) in [6.45, 7) is 4.13. The van der Waals surface area contributed by atoms with E-state index in [2.05, 4.69) is 5.32 Å². The molecule has 7 heteroatoms. The number of carboxylic acids is 1. The van der Waals surface area contributed by atoms with Crippen molar-refractivity contribution in [1.82, 2.24) is 5.32 Å². The zero-order chi connectivity index (χ0) is 14.8. The molecule has 2 N–H and O–H groups in total. The average Bonchev–Trinajstić information content (AvgIpc) is 2.46. The highest BCUT2D eigenvalue weighted by molar-refractivity contribution is 5.79. The molecule has 0 radical (unpaired) electrons. The Morgan fingerprint density at radius 3 is 2.50 bits per heavy atom. The third kappa shape index (κ3) is 5.44. The van der Waals surface area contributed by atoms with Crippen molar-refractivity contribution in [3.63, 3.8) is 0 Å². The standard InChI is InChI=1S/C13H23NO6/c1-2-18-7-8-20-9-11(15)14-10-13(12(16)17)3-5-19-6-4-13/h2-10H2,1H3,(H,14,15)(H,16,17). The molecule has 0 aromatic rings. The van der Waals surface area contributed by atoms with Gasteiger partial charge < -0.3 is 24.6 Å². The van der Waals surface area contributed by atoms with Gasteiger partial charge >= 0.3 is 5.97 Å². The van der Waals surface area contributed by atoms with E-state index in [1.54, 1.807) is 0 Å². The van der Waals surface area contributed by atoms with E-state index >= 15 is 0 Å². The van der Waals surface area contributed by atoms with Crippen molar-refractivity contribution in [3.8, 4) is 0 Å². The molecule has 0 saturated carbocycles. The van der Waals surface area contributed by atoms with E-state index < -0.39 is 11.4 Å². The fourth-order valence-corrected chi connectivity index (χ4v) is 1.97. The topological polar surface area (TPSA) is 94.1 Å². The van der Waals surface area contributed by atoms with E-state index in [9.17, 15) is 14.7 Å². The number of hydrogen-bond donors (Lipinski definition) is 2. The first-order chi connectivity index (χ1) is 9.60. The number of ether oxygens (including phenoxy) is 3. The lowest BCUT2D eigenvalue weighted by atomic mass is 9.80. The second-order valence-corrected chi connectivity index (χ2v) is 4.72. The van der Waals surface area contributed by atoms with Crippen LogP contribution in [0.5, 0.6) is 0 Å². The van der Waals surface area contributed by atoms with Crippen molar-refractivity contribution in [3.05, 3.63) is 0 Å². The van der Waals surface area contributed by atoms with E-state index in [0.29, 0.717) is 45.9 Å². The summed E-state index contributed by atoms with van der Waals surface area (Å²) < 4.78 is 15.4. The number of rotatable bonds is 9. The highest BCUT2D eigenvalue weighted by atomic mass is 16.5. The minimum Gasteiger partial charge on any atom is -0.481 e. The summed E-state index contributed by atoms with van der Waals surface area (Å²) in [6.07, 6.45) is 0.821. The Bertz CT molecular complexity index is 314. The zero-order valence-corrected chi connectivity index (χ0v) is 11.9. The van der Waals surface area contributed by atoms with Crippen LogP contribution in [0.4, 0.5) is 0 Å². The summed E-state index contributed by atoms with van der Waals surface area (Å²) in [4.78, 5) is 22.9. The van der Waals surface area contributed by atoms with Crippen molar-refractivity contribution in [1.29, 1.82) is 0 Å². The van der Waals surface area contributed by atoms with Crippen molar-refractivity contribution < 1.29 is 28.9 Å². The minimum atomic E-state index is -0.917. The van der Waals surface area contributed by atoms with E-state index in [0.717, 1.165) is 0 Å². The summed E-state index contributed by atoms with van der Waals surface area (Å²) in [5, 5.41) is 11.9. The number of carbonyl (C=O) groups excluding carboxylic acids is 1. The number of carboxylic acid groups (broad SMARTS) is 1. The Labute approximate surface area is 118 Å². The Balaban J connectivity index is 2.25. The van der Waals surface area contributed by atoms with Crippen LogP contribution in [0.2, 0.25) is 0 Å². The second kappa shape index (κ2) is 8.89. The molecule has 116 valence electrons. The van der Waals surface area contributed by atoms with Crippen LogP contribution in [0.15, 0.2) is 0 Å². The second-order valence-electron chi connectivity index (χ2n) is 4.72. The summed E-state index contributed by atoms with van der Waals surface area (Å²) in [5.74, 6) is -1.20. The van der Waals surface area contributed by atoms with Gasteiger partial charge in [0.1, 0.15) is 6.61 Å². The van der Waals surface area contributed by atoms with Crippen LogP contribution in [0, 0.1) is 5.41 Å². The van der Waals surface area contributed by atoms with Crippen LogP contribution >= 0.6 is 0 Å². The predicted octanol–water partition coefficient (Wildman–Crippen LogP) is 0.0371. The van der Waals surface area contributed by atoms with Crippen LogP contribution in [0.3, 0.4) is 0 Å². The Morgan fingerprint density at radius 1 is 1.25 bits per heavy atom. The maximum atomic E-state index is 11.6. The van der Waals surface area contributed by atoms with Gasteiger partial charge in [-0.2, -0.15) is 0 Å². The van der Waals surface area contributed by atoms with Gasteiger partial charge in [0.05, 0.1) is 18.6 Å². The van der Waals surface area contributed by atoms with Crippen molar-refractivity contribution in [2.24, 2.45) is 5.41 Å². The molecule has 1 saturated heterocycles. The summed E-state index contributed by atoms with van der Waals surface area (Å²) >= 11 is 0. The van der Waals surface area contributed by atoms with Crippen molar-refractivity contribution >= 4 is 11.9 Å². The van der Waals surface area contributed by atoms with Gasteiger partial charge in [-0.15, -0.1) is 0 Å². The predicted molar refractivity (Wildman–Crippen MR) is 70.4 cm³/mol. The molecule has 1 amide bonds. The number of carbonyl (C=O) groups is 2. The van der Waals surface area contributed by atoms with Gasteiger partial charge in [0, 0.05) is 26.4 Å². The minimum absolute atomic E-state index is 0.0841.